The van der Waals surface area contributed by atoms with E-state index in [1.54, 1.807) is 4.90 Å². The van der Waals surface area contributed by atoms with E-state index in [1.807, 2.05) is 0 Å². The van der Waals surface area contributed by atoms with Gasteiger partial charge < -0.3 is 4.90 Å². The quantitative estimate of drug-likeness (QED) is 0.459. The molecule has 0 aliphatic heterocycles. The molecule has 0 spiro atoms. The Hall–Kier alpha value is -1.50. The van der Waals surface area contributed by atoms with E-state index in [0.717, 1.165) is 43.9 Å². The van der Waals surface area contributed by atoms with Crippen LogP contribution in [0.15, 0.2) is 18.2 Å². The predicted octanol–water partition coefficient (Wildman–Crippen LogP) is 3.51. The molecule has 1 aliphatic carbocycles. The molecule has 1 aromatic carbocycles. The second-order valence-electron chi connectivity index (χ2n) is 5.08. The molecule has 1 aliphatic rings. The lowest BCUT2D eigenvalue weighted by Gasteiger charge is -2.28. The van der Waals surface area contributed by atoms with Crippen molar-refractivity contribution in [3.05, 3.63) is 39.7 Å². The van der Waals surface area contributed by atoms with Gasteiger partial charge in [0.2, 0.25) is 0 Å². The summed E-state index contributed by atoms with van der Waals surface area (Å²) in [6, 6.07) is 3.16. The largest absolute Gasteiger partial charge is 0.335 e. The molecule has 0 atom stereocenters. The van der Waals surface area contributed by atoms with Crippen molar-refractivity contribution in [2.24, 2.45) is 0 Å². The predicted molar refractivity (Wildman–Crippen MR) is 80.1 cm³/mol. The van der Waals surface area contributed by atoms with Gasteiger partial charge in [0.15, 0.2) is 0 Å². The Morgan fingerprint density at radius 1 is 1.38 bits per heavy atom. The summed E-state index contributed by atoms with van der Waals surface area (Å²) in [7, 11) is 0. The molecular formula is C14H16BrFN2O3. The van der Waals surface area contributed by atoms with E-state index < -0.39 is 16.4 Å². The number of benzene rings is 1. The number of nitro groups is 1. The molecule has 1 aromatic rings. The van der Waals surface area contributed by atoms with Crippen LogP contribution < -0.4 is 0 Å². The number of hydrogen-bond donors (Lipinski definition) is 0. The lowest BCUT2D eigenvalue weighted by atomic mass is 10.1. The van der Waals surface area contributed by atoms with Crippen molar-refractivity contribution in [2.45, 2.75) is 31.7 Å². The Labute approximate surface area is 130 Å². The van der Waals surface area contributed by atoms with Crippen molar-refractivity contribution in [3.63, 3.8) is 0 Å². The Bertz CT molecular complexity index is 547. The highest BCUT2D eigenvalue weighted by Gasteiger charge is 2.28. The zero-order chi connectivity index (χ0) is 15.4. The first-order chi connectivity index (χ1) is 10.0. The monoisotopic (exact) mass is 358 g/mol. The summed E-state index contributed by atoms with van der Waals surface area (Å²) in [6.07, 6.45) is 3.99. The Morgan fingerprint density at radius 3 is 2.62 bits per heavy atom. The van der Waals surface area contributed by atoms with Crippen molar-refractivity contribution < 1.29 is 14.1 Å². The summed E-state index contributed by atoms with van der Waals surface area (Å²) in [4.78, 5) is 24.4. The maximum Gasteiger partial charge on any atom is 0.273 e. The fraction of sp³-hybridized carbons (Fsp3) is 0.500. The molecule has 0 aromatic heterocycles. The van der Waals surface area contributed by atoms with Crippen molar-refractivity contribution in [1.29, 1.82) is 0 Å². The molecule has 1 amide bonds. The molecule has 0 heterocycles. The maximum absolute atomic E-state index is 13.5. The Morgan fingerprint density at radius 2 is 2.05 bits per heavy atom. The van der Waals surface area contributed by atoms with E-state index >= 15 is 0 Å². The minimum absolute atomic E-state index is 0.0366. The number of amides is 1. The third-order valence-corrected chi connectivity index (χ3v) is 4.05. The van der Waals surface area contributed by atoms with Gasteiger partial charge in [-0.1, -0.05) is 28.8 Å². The van der Waals surface area contributed by atoms with Gasteiger partial charge in [-0.3, -0.25) is 14.9 Å². The van der Waals surface area contributed by atoms with Gasteiger partial charge >= 0.3 is 0 Å². The molecule has 21 heavy (non-hydrogen) atoms. The zero-order valence-electron chi connectivity index (χ0n) is 11.4. The van der Waals surface area contributed by atoms with Gasteiger partial charge in [0.05, 0.1) is 11.0 Å². The lowest BCUT2D eigenvalue weighted by molar-refractivity contribution is -0.385. The number of alkyl halides is 1. The number of non-ortho nitro benzene ring substituents is 1. The highest BCUT2D eigenvalue weighted by molar-refractivity contribution is 9.09. The van der Waals surface area contributed by atoms with Crippen LogP contribution in [-0.4, -0.2) is 33.6 Å². The molecular weight excluding hydrogens is 343 g/mol. The first-order valence-electron chi connectivity index (χ1n) is 6.85. The SMILES string of the molecule is O=C(c1cc(F)cc([N+](=O)[O-])c1)N(CCBr)C1CCCC1. The van der Waals surface area contributed by atoms with Gasteiger partial charge in [0.25, 0.3) is 11.6 Å². The molecule has 0 radical (unpaired) electrons. The minimum atomic E-state index is -0.766. The molecule has 0 unspecified atom stereocenters. The molecule has 2 rings (SSSR count). The molecule has 0 bridgehead atoms. The van der Waals surface area contributed by atoms with Gasteiger partial charge in [-0.15, -0.1) is 0 Å². The highest BCUT2D eigenvalue weighted by Crippen LogP contribution is 2.26. The van der Waals surface area contributed by atoms with Crippen LogP contribution in [0.25, 0.3) is 0 Å². The standard InChI is InChI=1S/C14H16BrFN2O3/c15-5-6-17(12-3-1-2-4-12)14(19)10-7-11(16)9-13(8-10)18(20)21/h7-9,12H,1-6H2. The Kier molecular flexibility index (Phi) is 5.27. The number of hydrogen-bond acceptors (Lipinski definition) is 3. The van der Waals surface area contributed by atoms with Gasteiger partial charge in [-0.05, 0) is 18.9 Å². The number of halogens is 2. The van der Waals surface area contributed by atoms with Crippen molar-refractivity contribution in [2.75, 3.05) is 11.9 Å². The van der Waals surface area contributed by atoms with Crippen LogP contribution in [0.1, 0.15) is 36.0 Å². The van der Waals surface area contributed by atoms with E-state index in [9.17, 15) is 19.3 Å². The number of carbonyl (C=O) groups excluding carboxylic acids is 1. The van der Waals surface area contributed by atoms with E-state index in [-0.39, 0.29) is 17.5 Å². The first-order valence-corrected chi connectivity index (χ1v) is 7.97. The lowest BCUT2D eigenvalue weighted by Crippen LogP contribution is -2.40. The number of nitrogens with zero attached hydrogens (tertiary/aromatic N) is 2. The zero-order valence-corrected chi connectivity index (χ0v) is 13.0. The average molecular weight is 359 g/mol. The number of nitro benzene ring substituents is 1. The normalized spacial score (nSPS) is 15.1. The first kappa shape index (κ1) is 15.9. The molecule has 7 heteroatoms. The van der Waals surface area contributed by atoms with E-state index in [0.29, 0.717) is 11.9 Å². The van der Waals surface area contributed by atoms with Gasteiger partial charge in [-0.2, -0.15) is 0 Å². The van der Waals surface area contributed by atoms with Crippen LogP contribution in [0.4, 0.5) is 10.1 Å². The summed E-state index contributed by atoms with van der Waals surface area (Å²) in [5.74, 6) is -1.11. The number of carbonyl (C=O) groups is 1. The van der Waals surface area contributed by atoms with Crippen LogP contribution in [-0.2, 0) is 0 Å². The van der Waals surface area contributed by atoms with E-state index in [4.69, 9.17) is 0 Å². The minimum Gasteiger partial charge on any atom is -0.335 e. The smallest absolute Gasteiger partial charge is 0.273 e. The Balaban J connectivity index is 2.29. The fourth-order valence-electron chi connectivity index (χ4n) is 2.73. The van der Waals surface area contributed by atoms with Crippen LogP contribution in [0.5, 0.6) is 0 Å². The van der Waals surface area contributed by atoms with Gasteiger partial charge in [0.1, 0.15) is 5.82 Å². The fourth-order valence-corrected chi connectivity index (χ4v) is 3.11. The third kappa shape index (κ3) is 3.78. The van der Waals surface area contributed by atoms with Crippen molar-refractivity contribution >= 4 is 27.5 Å². The topological polar surface area (TPSA) is 63.4 Å². The average Bonchev–Trinajstić information content (AvgIpc) is 2.97. The van der Waals surface area contributed by atoms with Crippen molar-refractivity contribution in [3.8, 4) is 0 Å². The van der Waals surface area contributed by atoms with Crippen LogP contribution in [0.2, 0.25) is 0 Å². The summed E-state index contributed by atoms with van der Waals surface area (Å²) < 4.78 is 13.5. The van der Waals surface area contributed by atoms with Crippen molar-refractivity contribution in [1.82, 2.24) is 4.90 Å². The molecule has 1 fully saturated rings. The van der Waals surface area contributed by atoms with Crippen LogP contribution in [0.3, 0.4) is 0 Å². The molecule has 0 N–H and O–H groups in total. The molecule has 5 nitrogen and oxygen atoms in total. The van der Waals surface area contributed by atoms with Crippen LogP contribution >= 0.6 is 15.9 Å². The molecule has 114 valence electrons. The van der Waals surface area contributed by atoms with E-state index in [1.165, 1.54) is 0 Å². The third-order valence-electron chi connectivity index (χ3n) is 3.69. The second-order valence-corrected chi connectivity index (χ2v) is 5.87. The summed E-state index contributed by atoms with van der Waals surface area (Å²) in [5, 5.41) is 11.4. The van der Waals surface area contributed by atoms with Gasteiger partial charge in [0, 0.05) is 29.5 Å². The molecule has 1 saturated carbocycles. The highest BCUT2D eigenvalue weighted by atomic mass is 79.9. The van der Waals surface area contributed by atoms with Crippen LogP contribution in [0, 0.1) is 15.9 Å². The second kappa shape index (κ2) is 6.98. The molecule has 0 saturated heterocycles. The summed E-state index contributed by atoms with van der Waals surface area (Å²) in [6.45, 7) is 0.508. The summed E-state index contributed by atoms with van der Waals surface area (Å²) >= 11 is 3.31. The maximum atomic E-state index is 13.5. The van der Waals surface area contributed by atoms with Gasteiger partial charge in [-0.25, -0.2) is 4.39 Å². The van der Waals surface area contributed by atoms with E-state index in [2.05, 4.69) is 15.9 Å². The summed E-state index contributed by atoms with van der Waals surface area (Å²) in [5.41, 5.74) is -0.363. The number of rotatable bonds is 5.